The smallest absolute Gasteiger partial charge is 0.119 e. The fraction of sp³-hybridized carbons (Fsp3) is 0.625. The van der Waals surface area contributed by atoms with Gasteiger partial charge in [-0.25, -0.2) is 0 Å². The molecular weight excluding hydrogens is 238 g/mol. The average molecular weight is 265 g/mol. The molecule has 0 aliphatic heterocycles. The van der Waals surface area contributed by atoms with Crippen molar-refractivity contribution in [2.45, 2.75) is 59.1 Å². The minimum Gasteiger partial charge on any atom is -0.491 e. The van der Waals surface area contributed by atoms with E-state index in [2.05, 4.69) is 50.5 Å². The molecule has 0 heterocycles. The van der Waals surface area contributed by atoms with Gasteiger partial charge >= 0.3 is 0 Å². The Morgan fingerprint density at radius 2 is 1.79 bits per heavy atom. The van der Waals surface area contributed by atoms with Gasteiger partial charge in [0.05, 0.1) is 12.7 Å². The molecule has 1 aromatic carbocycles. The van der Waals surface area contributed by atoms with Gasteiger partial charge in [-0.1, -0.05) is 19.1 Å². The normalized spacial score (nSPS) is 14.1. The van der Waals surface area contributed by atoms with Crippen LogP contribution in [-0.2, 0) is 11.3 Å². The largest absolute Gasteiger partial charge is 0.491 e. The molecule has 0 amide bonds. The van der Waals surface area contributed by atoms with Gasteiger partial charge in [-0.3, -0.25) is 0 Å². The molecule has 3 nitrogen and oxygen atoms in total. The molecule has 1 N–H and O–H groups in total. The van der Waals surface area contributed by atoms with Gasteiger partial charge in [-0.05, 0) is 57.7 Å². The van der Waals surface area contributed by atoms with Crippen LogP contribution in [0.4, 0.5) is 0 Å². The van der Waals surface area contributed by atoms with Gasteiger partial charge in [0.1, 0.15) is 5.75 Å². The number of hydroxylamine groups is 1. The maximum absolute atomic E-state index is 5.76. The first-order valence-corrected chi connectivity index (χ1v) is 7.28. The zero-order valence-corrected chi connectivity index (χ0v) is 12.6. The zero-order valence-electron chi connectivity index (χ0n) is 12.6. The molecule has 0 bridgehead atoms. The molecule has 3 heteroatoms. The summed E-state index contributed by atoms with van der Waals surface area (Å²) < 4.78 is 5.76. The fourth-order valence-corrected chi connectivity index (χ4v) is 1.72. The van der Waals surface area contributed by atoms with Crippen LogP contribution in [0.15, 0.2) is 24.3 Å². The van der Waals surface area contributed by atoms with Crippen LogP contribution < -0.4 is 10.2 Å². The van der Waals surface area contributed by atoms with Crippen LogP contribution in [0.3, 0.4) is 0 Å². The Bertz CT molecular complexity index is 337. The standard InChI is InChI=1S/C16H27NO2/c1-5-14(4)19-16-11-9-15(10-12-16)8-7-13(3)17-18-6-2/h9-14,17H,5-8H2,1-4H3. The molecule has 1 rings (SSSR count). The van der Waals surface area contributed by atoms with Crippen LogP contribution in [0.25, 0.3) is 0 Å². The molecule has 2 atom stereocenters. The van der Waals surface area contributed by atoms with Gasteiger partial charge < -0.3 is 9.57 Å². The Hall–Kier alpha value is -1.06. The highest BCUT2D eigenvalue weighted by Crippen LogP contribution is 2.16. The summed E-state index contributed by atoms with van der Waals surface area (Å²) in [7, 11) is 0. The third-order valence-electron chi connectivity index (χ3n) is 3.13. The van der Waals surface area contributed by atoms with Crippen LogP contribution in [0.2, 0.25) is 0 Å². The minimum atomic E-state index is 0.279. The second kappa shape index (κ2) is 8.94. The van der Waals surface area contributed by atoms with Crippen LogP contribution in [0, 0.1) is 0 Å². The molecule has 1 aromatic rings. The van der Waals surface area contributed by atoms with E-state index < -0.39 is 0 Å². The van der Waals surface area contributed by atoms with Crippen molar-refractivity contribution < 1.29 is 9.57 Å². The summed E-state index contributed by atoms with van der Waals surface area (Å²) in [6, 6.07) is 8.77. The van der Waals surface area contributed by atoms with Crippen molar-refractivity contribution >= 4 is 0 Å². The van der Waals surface area contributed by atoms with Crippen molar-refractivity contribution in [2.24, 2.45) is 0 Å². The molecule has 0 aromatic heterocycles. The quantitative estimate of drug-likeness (QED) is 0.690. The van der Waals surface area contributed by atoms with E-state index in [1.807, 2.05) is 6.92 Å². The molecule has 0 saturated carbocycles. The summed E-state index contributed by atoms with van der Waals surface area (Å²) in [4.78, 5) is 5.19. The number of hydrogen-bond acceptors (Lipinski definition) is 3. The maximum atomic E-state index is 5.76. The van der Waals surface area contributed by atoms with Crippen molar-refractivity contribution in [3.8, 4) is 5.75 Å². The van der Waals surface area contributed by atoms with Gasteiger partial charge in [-0.15, -0.1) is 0 Å². The van der Waals surface area contributed by atoms with E-state index in [9.17, 15) is 0 Å². The highest BCUT2D eigenvalue weighted by Gasteiger charge is 2.03. The van der Waals surface area contributed by atoms with Crippen LogP contribution in [0.5, 0.6) is 5.75 Å². The van der Waals surface area contributed by atoms with Crippen molar-refractivity contribution in [3.05, 3.63) is 29.8 Å². The third-order valence-corrected chi connectivity index (χ3v) is 3.13. The molecular formula is C16H27NO2. The lowest BCUT2D eigenvalue weighted by Crippen LogP contribution is -2.26. The van der Waals surface area contributed by atoms with E-state index in [4.69, 9.17) is 9.57 Å². The number of aryl methyl sites for hydroxylation is 1. The summed E-state index contributed by atoms with van der Waals surface area (Å²) in [5.74, 6) is 0.957. The summed E-state index contributed by atoms with van der Waals surface area (Å²) in [5.41, 5.74) is 4.36. The second-order valence-electron chi connectivity index (χ2n) is 4.97. The SMILES string of the molecule is CCONC(C)CCc1ccc(OC(C)CC)cc1. The summed E-state index contributed by atoms with van der Waals surface area (Å²) in [6.45, 7) is 9.04. The molecule has 0 aliphatic carbocycles. The number of nitrogens with one attached hydrogen (secondary N) is 1. The van der Waals surface area contributed by atoms with Crippen molar-refractivity contribution in [3.63, 3.8) is 0 Å². The molecule has 2 unspecified atom stereocenters. The Labute approximate surface area is 117 Å². The molecule has 0 saturated heterocycles. The van der Waals surface area contributed by atoms with Crippen molar-refractivity contribution in [2.75, 3.05) is 6.61 Å². The first-order chi connectivity index (χ1) is 9.15. The molecule has 0 aliphatic rings. The van der Waals surface area contributed by atoms with Gasteiger partial charge in [0, 0.05) is 6.04 Å². The van der Waals surface area contributed by atoms with Gasteiger partial charge in [0.2, 0.25) is 0 Å². The Kier molecular flexibility index (Phi) is 7.53. The minimum absolute atomic E-state index is 0.279. The number of rotatable bonds is 9. The monoisotopic (exact) mass is 265 g/mol. The van der Waals surface area contributed by atoms with E-state index in [0.717, 1.165) is 25.0 Å². The van der Waals surface area contributed by atoms with E-state index >= 15 is 0 Å². The van der Waals surface area contributed by atoms with Gasteiger partial charge in [-0.2, -0.15) is 5.48 Å². The van der Waals surface area contributed by atoms with Crippen LogP contribution in [-0.4, -0.2) is 18.8 Å². The topological polar surface area (TPSA) is 30.5 Å². The Morgan fingerprint density at radius 3 is 2.37 bits per heavy atom. The maximum Gasteiger partial charge on any atom is 0.119 e. The van der Waals surface area contributed by atoms with Gasteiger partial charge in [0.15, 0.2) is 0 Å². The Morgan fingerprint density at radius 1 is 1.11 bits per heavy atom. The first kappa shape index (κ1) is 16.0. The van der Waals surface area contributed by atoms with Gasteiger partial charge in [0.25, 0.3) is 0 Å². The summed E-state index contributed by atoms with van der Waals surface area (Å²) >= 11 is 0. The predicted molar refractivity (Wildman–Crippen MR) is 79.4 cm³/mol. The lowest BCUT2D eigenvalue weighted by atomic mass is 10.1. The molecule has 19 heavy (non-hydrogen) atoms. The first-order valence-electron chi connectivity index (χ1n) is 7.28. The van der Waals surface area contributed by atoms with Crippen molar-refractivity contribution in [1.29, 1.82) is 0 Å². The predicted octanol–water partition coefficient (Wildman–Crippen LogP) is 3.73. The number of benzene rings is 1. The summed E-state index contributed by atoms with van der Waals surface area (Å²) in [6.07, 6.45) is 3.42. The van der Waals surface area contributed by atoms with Crippen LogP contribution >= 0.6 is 0 Å². The molecule has 0 fully saturated rings. The highest BCUT2D eigenvalue weighted by atomic mass is 16.6. The number of ether oxygens (including phenoxy) is 1. The van der Waals surface area contributed by atoms with E-state index in [0.29, 0.717) is 12.6 Å². The third kappa shape index (κ3) is 6.60. The van der Waals surface area contributed by atoms with E-state index in [-0.39, 0.29) is 6.10 Å². The second-order valence-corrected chi connectivity index (χ2v) is 4.97. The fourth-order valence-electron chi connectivity index (χ4n) is 1.72. The Balaban J connectivity index is 2.35. The van der Waals surface area contributed by atoms with E-state index in [1.54, 1.807) is 0 Å². The molecule has 108 valence electrons. The average Bonchev–Trinajstić information content (AvgIpc) is 2.44. The summed E-state index contributed by atoms with van der Waals surface area (Å²) in [5, 5.41) is 0. The molecule has 0 radical (unpaired) electrons. The van der Waals surface area contributed by atoms with Crippen molar-refractivity contribution in [1.82, 2.24) is 5.48 Å². The highest BCUT2D eigenvalue weighted by molar-refractivity contribution is 5.27. The zero-order chi connectivity index (χ0) is 14.1. The number of hydrogen-bond donors (Lipinski definition) is 1. The lowest BCUT2D eigenvalue weighted by Gasteiger charge is -2.14. The van der Waals surface area contributed by atoms with E-state index in [1.165, 1.54) is 5.56 Å². The lowest BCUT2D eigenvalue weighted by molar-refractivity contribution is 0.0270. The molecule has 0 spiro atoms. The van der Waals surface area contributed by atoms with Crippen LogP contribution in [0.1, 0.15) is 46.1 Å².